The minimum atomic E-state index is -0.387. The van der Waals surface area contributed by atoms with Crippen molar-refractivity contribution in [2.45, 2.75) is 33.6 Å². The van der Waals surface area contributed by atoms with Crippen molar-refractivity contribution in [3.05, 3.63) is 106 Å². The molecular formula is C33H34N4O5. The third-order valence-electron chi connectivity index (χ3n) is 7.45. The molecule has 1 unspecified atom stereocenters. The summed E-state index contributed by atoms with van der Waals surface area (Å²) in [6.45, 7) is 6.99. The number of nitrogens with one attached hydrogen (secondary N) is 1. The number of nitrogens with zero attached hydrogens (tertiary/aromatic N) is 3. The number of aryl methyl sites for hydroxylation is 1. The minimum Gasteiger partial charge on any atom is -0.466 e. The predicted octanol–water partition coefficient (Wildman–Crippen LogP) is 5.80. The van der Waals surface area contributed by atoms with Crippen LogP contribution in [-0.4, -0.2) is 46.3 Å². The molecule has 1 atom stereocenters. The van der Waals surface area contributed by atoms with Crippen LogP contribution >= 0.6 is 0 Å². The van der Waals surface area contributed by atoms with Crippen molar-refractivity contribution in [3.8, 4) is 17.2 Å². The number of amides is 1. The maximum atomic E-state index is 13.7. The molecule has 1 saturated heterocycles. The number of anilines is 2. The molecule has 5 rings (SSSR count). The maximum Gasteiger partial charge on any atom is 0.310 e. The average Bonchev–Trinajstić information content (AvgIpc) is 3.02. The van der Waals surface area contributed by atoms with Crippen LogP contribution in [0.4, 0.5) is 11.4 Å². The Kier molecular flexibility index (Phi) is 8.66. The lowest BCUT2D eigenvalue weighted by Gasteiger charge is -2.31. The van der Waals surface area contributed by atoms with Gasteiger partial charge in [0, 0.05) is 24.3 Å². The summed E-state index contributed by atoms with van der Waals surface area (Å²) in [6, 6.07) is 21.8. The van der Waals surface area contributed by atoms with Gasteiger partial charge in [-0.15, -0.1) is 0 Å². The van der Waals surface area contributed by atoms with Gasteiger partial charge in [0.2, 0.25) is 0 Å². The van der Waals surface area contributed by atoms with Gasteiger partial charge in [0.25, 0.3) is 11.5 Å². The quantitative estimate of drug-likeness (QED) is 0.269. The van der Waals surface area contributed by atoms with Crippen molar-refractivity contribution in [1.29, 1.82) is 0 Å². The second kappa shape index (κ2) is 12.7. The van der Waals surface area contributed by atoms with Crippen LogP contribution in [0.1, 0.15) is 41.3 Å². The number of para-hydroxylation sites is 1. The molecule has 0 saturated carbocycles. The van der Waals surface area contributed by atoms with Gasteiger partial charge in [-0.2, -0.15) is 9.78 Å². The van der Waals surface area contributed by atoms with Gasteiger partial charge in [-0.3, -0.25) is 14.4 Å². The highest BCUT2D eigenvalue weighted by molar-refractivity contribution is 5.95. The first-order chi connectivity index (χ1) is 20.4. The van der Waals surface area contributed by atoms with E-state index in [0.29, 0.717) is 48.8 Å². The lowest BCUT2D eigenvalue weighted by atomic mass is 9.97. The molecule has 4 aromatic rings. The second-order valence-electron chi connectivity index (χ2n) is 10.3. The zero-order valence-corrected chi connectivity index (χ0v) is 24.0. The van der Waals surface area contributed by atoms with Gasteiger partial charge in [0.05, 0.1) is 24.4 Å². The smallest absolute Gasteiger partial charge is 0.310 e. The Morgan fingerprint density at radius 3 is 2.48 bits per heavy atom. The van der Waals surface area contributed by atoms with Crippen LogP contribution in [0.2, 0.25) is 0 Å². The summed E-state index contributed by atoms with van der Waals surface area (Å²) in [5.41, 5.74) is 3.56. The Bertz CT molecular complexity index is 1630. The van der Waals surface area contributed by atoms with Crippen molar-refractivity contribution in [2.75, 3.05) is 25.0 Å². The molecule has 1 amide bonds. The van der Waals surface area contributed by atoms with E-state index in [1.807, 2.05) is 50.2 Å². The third-order valence-corrected chi connectivity index (χ3v) is 7.45. The van der Waals surface area contributed by atoms with E-state index < -0.39 is 0 Å². The third kappa shape index (κ3) is 6.20. The fraction of sp³-hybridized carbons (Fsp3) is 0.273. The molecule has 9 heteroatoms. The molecule has 1 fully saturated rings. The Balaban J connectivity index is 1.41. The number of ether oxygens (including phenoxy) is 2. The number of aromatic nitrogens is 2. The van der Waals surface area contributed by atoms with Gasteiger partial charge in [-0.1, -0.05) is 30.3 Å². The number of likely N-dealkylation sites (tertiary alicyclic amines) is 1. The number of esters is 1. The van der Waals surface area contributed by atoms with Crippen LogP contribution in [0.15, 0.2) is 83.8 Å². The number of carbonyl (C=O) groups excluding carboxylic acids is 2. The highest BCUT2D eigenvalue weighted by Gasteiger charge is 2.29. The Hall–Kier alpha value is -4.92. The SMILES string of the molecule is CCOC(=O)C1CCCN(C(=O)c2ccc(Nc3c(Oc4cccc(C)c4C)cnn(-c4ccccc4)c3=O)cc2)C1. The fourth-order valence-corrected chi connectivity index (χ4v) is 4.97. The highest BCUT2D eigenvalue weighted by atomic mass is 16.5. The zero-order valence-electron chi connectivity index (χ0n) is 24.0. The molecule has 1 aliphatic heterocycles. The van der Waals surface area contributed by atoms with E-state index >= 15 is 0 Å². The summed E-state index contributed by atoms with van der Waals surface area (Å²) < 4.78 is 12.7. The van der Waals surface area contributed by atoms with Crippen molar-refractivity contribution < 1.29 is 19.1 Å². The number of rotatable bonds is 8. The number of carbonyl (C=O) groups is 2. The number of hydrogen-bond donors (Lipinski definition) is 1. The van der Waals surface area contributed by atoms with Crippen molar-refractivity contribution in [1.82, 2.24) is 14.7 Å². The topological polar surface area (TPSA) is 103 Å². The van der Waals surface area contributed by atoms with Crippen LogP contribution < -0.4 is 15.6 Å². The van der Waals surface area contributed by atoms with Gasteiger partial charge >= 0.3 is 5.97 Å². The normalized spacial score (nSPS) is 14.7. The monoisotopic (exact) mass is 566 g/mol. The number of hydrogen-bond acceptors (Lipinski definition) is 7. The standard InChI is InChI=1S/C33H34N4O5/c1-4-41-33(40)25-11-9-19-36(21-25)31(38)24-15-17-26(18-16-24)35-30-29(42-28-14-8-10-22(2)23(28)3)20-34-37(32(30)39)27-12-6-5-7-13-27/h5-8,10,12-18,20,25,35H,4,9,11,19,21H2,1-3H3. The van der Waals surface area contributed by atoms with E-state index in [-0.39, 0.29) is 34.8 Å². The van der Waals surface area contributed by atoms with Crippen molar-refractivity contribution >= 4 is 23.3 Å². The average molecular weight is 567 g/mol. The molecule has 0 spiro atoms. The first-order valence-corrected chi connectivity index (χ1v) is 14.1. The highest BCUT2D eigenvalue weighted by Crippen LogP contribution is 2.32. The molecule has 9 nitrogen and oxygen atoms in total. The molecule has 0 aliphatic carbocycles. The first-order valence-electron chi connectivity index (χ1n) is 14.1. The lowest BCUT2D eigenvalue weighted by Crippen LogP contribution is -2.42. The number of piperidine rings is 1. The summed E-state index contributed by atoms with van der Waals surface area (Å²) in [5.74, 6) is 0.189. The Morgan fingerprint density at radius 2 is 1.74 bits per heavy atom. The molecule has 0 radical (unpaired) electrons. The summed E-state index contributed by atoms with van der Waals surface area (Å²) in [5, 5.41) is 7.58. The zero-order chi connectivity index (χ0) is 29.6. The van der Waals surface area contributed by atoms with Crippen LogP contribution in [0.5, 0.6) is 11.5 Å². The van der Waals surface area contributed by atoms with Gasteiger partial charge < -0.3 is 19.7 Å². The fourth-order valence-electron chi connectivity index (χ4n) is 4.97. The molecule has 2 heterocycles. The van der Waals surface area contributed by atoms with Gasteiger partial charge in [-0.05, 0) is 87.2 Å². The second-order valence-corrected chi connectivity index (χ2v) is 10.3. The van der Waals surface area contributed by atoms with E-state index in [0.717, 1.165) is 17.5 Å². The maximum absolute atomic E-state index is 13.7. The van der Waals surface area contributed by atoms with E-state index in [1.165, 1.54) is 10.9 Å². The van der Waals surface area contributed by atoms with Crippen LogP contribution in [0.25, 0.3) is 5.69 Å². The largest absolute Gasteiger partial charge is 0.466 e. The summed E-state index contributed by atoms with van der Waals surface area (Å²) in [4.78, 5) is 40.9. The molecular weight excluding hydrogens is 532 g/mol. The molecule has 1 aromatic heterocycles. The van der Waals surface area contributed by atoms with Gasteiger partial charge in [-0.25, -0.2) is 0 Å². The summed E-state index contributed by atoms with van der Waals surface area (Å²) in [6.07, 6.45) is 2.98. The van der Waals surface area contributed by atoms with E-state index in [9.17, 15) is 14.4 Å². The van der Waals surface area contributed by atoms with Crippen LogP contribution in [0.3, 0.4) is 0 Å². The first kappa shape index (κ1) is 28.6. The van der Waals surface area contributed by atoms with E-state index in [2.05, 4.69) is 10.4 Å². The predicted molar refractivity (Wildman–Crippen MR) is 161 cm³/mol. The molecule has 1 aliphatic rings. The van der Waals surface area contributed by atoms with Gasteiger partial charge in [0.15, 0.2) is 11.4 Å². The summed E-state index contributed by atoms with van der Waals surface area (Å²) in [7, 11) is 0. The molecule has 216 valence electrons. The molecule has 0 bridgehead atoms. The number of benzene rings is 3. The molecule has 3 aromatic carbocycles. The van der Waals surface area contributed by atoms with Crippen molar-refractivity contribution in [3.63, 3.8) is 0 Å². The summed E-state index contributed by atoms with van der Waals surface area (Å²) >= 11 is 0. The Morgan fingerprint density at radius 1 is 0.976 bits per heavy atom. The molecule has 1 N–H and O–H groups in total. The van der Waals surface area contributed by atoms with Crippen LogP contribution in [0, 0.1) is 19.8 Å². The van der Waals surface area contributed by atoms with Crippen LogP contribution in [-0.2, 0) is 9.53 Å². The Labute approximate surface area is 244 Å². The van der Waals surface area contributed by atoms with E-state index in [1.54, 1.807) is 48.2 Å². The minimum absolute atomic E-state index is 0.148. The van der Waals surface area contributed by atoms with Gasteiger partial charge in [0.1, 0.15) is 5.75 Å². The molecule has 42 heavy (non-hydrogen) atoms. The lowest BCUT2D eigenvalue weighted by molar-refractivity contribution is -0.149. The van der Waals surface area contributed by atoms with E-state index in [4.69, 9.17) is 9.47 Å². The van der Waals surface area contributed by atoms with Crippen molar-refractivity contribution in [2.24, 2.45) is 5.92 Å².